The zero-order valence-electron chi connectivity index (χ0n) is 16.3. The number of anilines is 1. The van der Waals surface area contributed by atoms with Gasteiger partial charge < -0.3 is 25.2 Å². The van der Waals surface area contributed by atoms with Crippen LogP contribution in [0.2, 0.25) is 0 Å². The molecular weight excluding hydrogens is 376 g/mol. The van der Waals surface area contributed by atoms with Crippen molar-refractivity contribution in [3.8, 4) is 5.75 Å². The SMILES string of the molecule is COc1ccccc1NC(=S)NC1CCCCN(CC(=O)N2CCCC2)C1=O. The smallest absolute Gasteiger partial charge is 0.245 e. The maximum Gasteiger partial charge on any atom is 0.245 e. The molecule has 0 saturated carbocycles. The number of likely N-dealkylation sites (tertiary alicyclic amines) is 2. The number of para-hydroxylation sites is 2. The third kappa shape index (κ3) is 5.13. The predicted octanol–water partition coefficient (Wildman–Crippen LogP) is 1.99. The Morgan fingerprint density at radius 2 is 1.89 bits per heavy atom. The van der Waals surface area contributed by atoms with Crippen LogP contribution in [-0.2, 0) is 9.59 Å². The normalized spacial score (nSPS) is 19.9. The maximum atomic E-state index is 13.0. The molecule has 3 rings (SSSR count). The molecule has 1 aromatic carbocycles. The highest BCUT2D eigenvalue weighted by Crippen LogP contribution is 2.23. The third-order valence-electron chi connectivity index (χ3n) is 5.23. The van der Waals surface area contributed by atoms with Crippen molar-refractivity contribution in [3.63, 3.8) is 0 Å². The second-order valence-corrected chi connectivity index (χ2v) is 7.60. The molecule has 2 N–H and O–H groups in total. The quantitative estimate of drug-likeness (QED) is 0.731. The molecule has 0 aromatic heterocycles. The van der Waals surface area contributed by atoms with E-state index in [-0.39, 0.29) is 18.4 Å². The number of hydrogen-bond donors (Lipinski definition) is 2. The van der Waals surface area contributed by atoms with Gasteiger partial charge in [0.1, 0.15) is 11.8 Å². The molecule has 0 spiro atoms. The lowest BCUT2D eigenvalue weighted by molar-refractivity contribution is -0.140. The summed E-state index contributed by atoms with van der Waals surface area (Å²) in [4.78, 5) is 29.0. The number of thiocarbonyl (C=S) groups is 1. The minimum Gasteiger partial charge on any atom is -0.495 e. The van der Waals surface area contributed by atoms with Crippen LogP contribution in [0, 0.1) is 0 Å². The average Bonchev–Trinajstić information content (AvgIpc) is 3.18. The van der Waals surface area contributed by atoms with Crippen LogP contribution in [-0.4, -0.2) is 66.1 Å². The molecule has 2 aliphatic rings. The Bertz CT molecular complexity index is 721. The van der Waals surface area contributed by atoms with Crippen LogP contribution in [0.25, 0.3) is 0 Å². The first-order valence-corrected chi connectivity index (χ1v) is 10.3. The molecule has 2 saturated heterocycles. The monoisotopic (exact) mass is 404 g/mol. The molecular formula is C20H28N4O3S. The van der Waals surface area contributed by atoms with Crippen LogP contribution < -0.4 is 15.4 Å². The Morgan fingerprint density at radius 3 is 2.64 bits per heavy atom. The van der Waals surface area contributed by atoms with Gasteiger partial charge in [-0.25, -0.2) is 0 Å². The number of methoxy groups -OCH3 is 1. The van der Waals surface area contributed by atoms with E-state index in [9.17, 15) is 9.59 Å². The van der Waals surface area contributed by atoms with Crippen LogP contribution >= 0.6 is 12.2 Å². The summed E-state index contributed by atoms with van der Waals surface area (Å²) in [6.07, 6.45) is 4.60. The van der Waals surface area contributed by atoms with E-state index in [2.05, 4.69) is 10.6 Å². The summed E-state index contributed by atoms with van der Waals surface area (Å²) in [6.45, 7) is 2.37. The van der Waals surface area contributed by atoms with Crippen molar-refractivity contribution in [3.05, 3.63) is 24.3 Å². The van der Waals surface area contributed by atoms with Gasteiger partial charge in [0.25, 0.3) is 0 Å². The van der Waals surface area contributed by atoms with Crippen molar-refractivity contribution in [2.75, 3.05) is 38.6 Å². The Morgan fingerprint density at radius 1 is 1.18 bits per heavy atom. The highest BCUT2D eigenvalue weighted by Gasteiger charge is 2.30. The van der Waals surface area contributed by atoms with Gasteiger partial charge in [0.2, 0.25) is 11.8 Å². The molecule has 1 atom stereocenters. The summed E-state index contributed by atoms with van der Waals surface area (Å²) in [5.74, 6) is 0.659. The number of nitrogens with zero attached hydrogens (tertiary/aromatic N) is 2. The zero-order valence-corrected chi connectivity index (χ0v) is 17.1. The first-order valence-electron chi connectivity index (χ1n) is 9.85. The molecule has 0 bridgehead atoms. The van der Waals surface area contributed by atoms with Crippen LogP contribution in [0.4, 0.5) is 5.69 Å². The predicted molar refractivity (Wildman–Crippen MR) is 112 cm³/mol. The van der Waals surface area contributed by atoms with Gasteiger partial charge in [-0.05, 0) is 56.5 Å². The van der Waals surface area contributed by atoms with Crippen molar-refractivity contribution in [1.29, 1.82) is 0 Å². The summed E-state index contributed by atoms with van der Waals surface area (Å²) in [5.41, 5.74) is 0.740. The van der Waals surface area contributed by atoms with Gasteiger partial charge in [-0.15, -0.1) is 0 Å². The Balaban J connectivity index is 1.59. The number of benzene rings is 1. The van der Waals surface area contributed by atoms with E-state index in [1.807, 2.05) is 29.2 Å². The Labute approximate surface area is 171 Å². The van der Waals surface area contributed by atoms with Gasteiger partial charge in [0, 0.05) is 19.6 Å². The number of hydrogen-bond acceptors (Lipinski definition) is 4. The average molecular weight is 405 g/mol. The minimum absolute atomic E-state index is 0.0428. The van der Waals surface area contributed by atoms with Crippen molar-refractivity contribution >= 4 is 34.8 Å². The summed E-state index contributed by atoms with van der Waals surface area (Å²) in [6, 6.07) is 7.04. The number of carbonyl (C=O) groups excluding carboxylic acids is 2. The molecule has 2 aliphatic heterocycles. The highest BCUT2D eigenvalue weighted by molar-refractivity contribution is 7.80. The van der Waals surface area contributed by atoms with Crippen molar-refractivity contribution in [2.45, 2.75) is 38.1 Å². The number of rotatable bonds is 5. The first-order chi connectivity index (χ1) is 13.6. The van der Waals surface area contributed by atoms with Gasteiger partial charge in [-0.3, -0.25) is 9.59 Å². The molecule has 1 aromatic rings. The van der Waals surface area contributed by atoms with E-state index >= 15 is 0 Å². The van der Waals surface area contributed by atoms with Crippen LogP contribution in [0.3, 0.4) is 0 Å². The molecule has 2 amide bonds. The summed E-state index contributed by atoms with van der Waals surface area (Å²) >= 11 is 5.41. The second-order valence-electron chi connectivity index (χ2n) is 7.19. The number of carbonyl (C=O) groups is 2. The molecule has 1 unspecified atom stereocenters. The fraction of sp³-hybridized carbons (Fsp3) is 0.550. The van der Waals surface area contributed by atoms with E-state index in [1.54, 1.807) is 12.0 Å². The van der Waals surface area contributed by atoms with Crippen molar-refractivity contribution in [1.82, 2.24) is 15.1 Å². The van der Waals surface area contributed by atoms with Gasteiger partial charge in [0.05, 0.1) is 19.3 Å². The number of amides is 2. The third-order valence-corrected chi connectivity index (χ3v) is 5.45. The fourth-order valence-electron chi connectivity index (χ4n) is 3.69. The lowest BCUT2D eigenvalue weighted by atomic mass is 10.1. The van der Waals surface area contributed by atoms with E-state index < -0.39 is 6.04 Å². The fourth-order valence-corrected chi connectivity index (χ4v) is 3.94. The van der Waals surface area contributed by atoms with E-state index in [0.29, 0.717) is 23.8 Å². The highest BCUT2D eigenvalue weighted by atomic mass is 32.1. The summed E-state index contributed by atoms with van der Waals surface area (Å²) < 4.78 is 5.32. The Hall–Kier alpha value is -2.35. The molecule has 2 heterocycles. The molecule has 7 nitrogen and oxygen atoms in total. The van der Waals surface area contributed by atoms with Crippen molar-refractivity contribution < 1.29 is 14.3 Å². The van der Waals surface area contributed by atoms with Crippen LogP contribution in [0.1, 0.15) is 32.1 Å². The zero-order chi connectivity index (χ0) is 19.9. The van der Waals surface area contributed by atoms with Gasteiger partial charge >= 0.3 is 0 Å². The van der Waals surface area contributed by atoms with Gasteiger partial charge in [0.15, 0.2) is 5.11 Å². The van der Waals surface area contributed by atoms with Crippen molar-refractivity contribution in [2.24, 2.45) is 0 Å². The Kier molecular flexibility index (Phi) is 7.08. The maximum absolute atomic E-state index is 13.0. The molecule has 28 heavy (non-hydrogen) atoms. The van der Waals surface area contributed by atoms with Gasteiger partial charge in [-0.2, -0.15) is 0 Å². The molecule has 2 fully saturated rings. The number of ether oxygens (including phenoxy) is 1. The lowest BCUT2D eigenvalue weighted by Gasteiger charge is -2.27. The van der Waals surface area contributed by atoms with E-state index in [4.69, 9.17) is 17.0 Å². The molecule has 152 valence electrons. The van der Waals surface area contributed by atoms with E-state index in [0.717, 1.165) is 44.5 Å². The topological polar surface area (TPSA) is 73.9 Å². The second kappa shape index (κ2) is 9.73. The van der Waals surface area contributed by atoms with Gasteiger partial charge in [-0.1, -0.05) is 12.1 Å². The largest absolute Gasteiger partial charge is 0.495 e. The molecule has 0 radical (unpaired) electrons. The van der Waals surface area contributed by atoms with Crippen LogP contribution in [0.15, 0.2) is 24.3 Å². The molecule has 0 aliphatic carbocycles. The lowest BCUT2D eigenvalue weighted by Crippen LogP contribution is -2.51. The minimum atomic E-state index is -0.427. The van der Waals surface area contributed by atoms with E-state index in [1.165, 1.54) is 0 Å². The summed E-state index contributed by atoms with van der Waals surface area (Å²) in [5, 5.41) is 6.60. The first kappa shape index (κ1) is 20.4. The summed E-state index contributed by atoms with van der Waals surface area (Å²) in [7, 11) is 1.60. The standard InChI is InChI=1S/C20H28N4O3S/c1-27-17-10-3-2-8-15(17)21-20(28)22-16-9-4-5-13-24(19(16)26)14-18(25)23-11-6-7-12-23/h2-3,8,10,16H,4-7,9,11-14H2,1H3,(H2,21,22,28). The molecule has 8 heteroatoms. The van der Waals surface area contributed by atoms with Crippen LogP contribution in [0.5, 0.6) is 5.75 Å². The number of nitrogens with one attached hydrogen (secondary N) is 2.